The highest BCUT2D eigenvalue weighted by Gasteiger charge is 2.07. The minimum absolute atomic E-state index is 0.0370. The van der Waals surface area contributed by atoms with E-state index in [1.807, 2.05) is 6.08 Å². The van der Waals surface area contributed by atoms with Gasteiger partial charge in [-0.1, -0.05) is 6.08 Å². The van der Waals surface area contributed by atoms with Crippen LogP contribution in [0.4, 0.5) is 0 Å². The summed E-state index contributed by atoms with van der Waals surface area (Å²) in [6, 6.07) is 0. The van der Waals surface area contributed by atoms with Gasteiger partial charge in [-0.15, -0.1) is 0 Å². The summed E-state index contributed by atoms with van der Waals surface area (Å²) >= 11 is 0. The van der Waals surface area contributed by atoms with Crippen molar-refractivity contribution in [1.82, 2.24) is 0 Å². The molecule has 1 unspecified atom stereocenters. The Morgan fingerprint density at radius 1 is 1.78 bits per heavy atom. The molecule has 0 fully saturated rings. The number of aliphatic imine (C=N–C) groups is 1. The summed E-state index contributed by atoms with van der Waals surface area (Å²) in [5.74, 6) is 0.234. The van der Waals surface area contributed by atoms with E-state index < -0.39 is 0 Å². The van der Waals surface area contributed by atoms with E-state index in [1.54, 1.807) is 12.4 Å². The lowest BCUT2D eigenvalue weighted by Crippen LogP contribution is -2.23. The lowest BCUT2D eigenvalue weighted by molar-refractivity contribution is 0.909. The van der Waals surface area contributed by atoms with E-state index in [2.05, 4.69) is 4.99 Å². The SMILES string of the molecule is N=C(N)C1C=NC=CC1. The molecule has 1 heterocycles. The van der Waals surface area contributed by atoms with E-state index in [-0.39, 0.29) is 11.8 Å². The maximum Gasteiger partial charge on any atom is 0.0994 e. The Morgan fingerprint density at radius 3 is 2.89 bits per heavy atom. The molecule has 0 saturated heterocycles. The summed E-state index contributed by atoms with van der Waals surface area (Å²) in [5.41, 5.74) is 5.23. The van der Waals surface area contributed by atoms with Gasteiger partial charge in [0.25, 0.3) is 0 Å². The topological polar surface area (TPSA) is 62.2 Å². The van der Waals surface area contributed by atoms with Gasteiger partial charge in [-0.05, 0) is 6.42 Å². The van der Waals surface area contributed by atoms with E-state index in [0.717, 1.165) is 6.42 Å². The molecule has 0 saturated carbocycles. The molecule has 3 N–H and O–H groups in total. The van der Waals surface area contributed by atoms with Crippen LogP contribution in [-0.2, 0) is 0 Å². The van der Waals surface area contributed by atoms with Crippen molar-refractivity contribution in [3.05, 3.63) is 12.3 Å². The Bertz CT molecular complexity index is 169. The van der Waals surface area contributed by atoms with Crippen LogP contribution in [0.3, 0.4) is 0 Å². The maximum atomic E-state index is 7.04. The van der Waals surface area contributed by atoms with Crippen LogP contribution < -0.4 is 5.73 Å². The van der Waals surface area contributed by atoms with Crippen molar-refractivity contribution in [1.29, 1.82) is 5.41 Å². The van der Waals surface area contributed by atoms with Gasteiger partial charge in [0.15, 0.2) is 0 Å². The summed E-state index contributed by atoms with van der Waals surface area (Å²) in [6.45, 7) is 0. The van der Waals surface area contributed by atoms with Gasteiger partial charge in [-0.25, -0.2) is 0 Å². The number of nitrogens with zero attached hydrogens (tertiary/aromatic N) is 1. The van der Waals surface area contributed by atoms with Crippen molar-refractivity contribution in [3.8, 4) is 0 Å². The van der Waals surface area contributed by atoms with Crippen LogP contribution in [-0.4, -0.2) is 12.1 Å². The summed E-state index contributed by atoms with van der Waals surface area (Å²) in [5, 5.41) is 7.04. The van der Waals surface area contributed by atoms with E-state index in [0.29, 0.717) is 0 Å². The molecule has 0 aromatic heterocycles. The average Bonchev–Trinajstić information content (AvgIpc) is 1.90. The van der Waals surface area contributed by atoms with Crippen molar-refractivity contribution in [2.75, 3.05) is 0 Å². The van der Waals surface area contributed by atoms with Crippen LogP contribution in [0, 0.1) is 11.3 Å². The molecule has 0 aromatic rings. The molecule has 0 spiro atoms. The van der Waals surface area contributed by atoms with Gasteiger partial charge in [-0.2, -0.15) is 0 Å². The average molecular weight is 123 g/mol. The number of allylic oxidation sites excluding steroid dienone is 1. The monoisotopic (exact) mass is 123 g/mol. The van der Waals surface area contributed by atoms with E-state index >= 15 is 0 Å². The molecule has 3 nitrogen and oxygen atoms in total. The summed E-state index contributed by atoms with van der Waals surface area (Å²) in [7, 11) is 0. The minimum atomic E-state index is 0.0370. The van der Waals surface area contributed by atoms with Crippen LogP contribution in [0.25, 0.3) is 0 Å². The van der Waals surface area contributed by atoms with Gasteiger partial charge < -0.3 is 5.73 Å². The molecule has 48 valence electrons. The predicted molar refractivity (Wildman–Crippen MR) is 37.7 cm³/mol. The molecule has 1 atom stereocenters. The highest BCUT2D eigenvalue weighted by atomic mass is 14.8. The number of rotatable bonds is 1. The minimum Gasteiger partial charge on any atom is -0.387 e. The fraction of sp³-hybridized carbons (Fsp3) is 0.333. The highest BCUT2D eigenvalue weighted by molar-refractivity contribution is 5.94. The smallest absolute Gasteiger partial charge is 0.0994 e. The Labute approximate surface area is 53.8 Å². The molecule has 0 bridgehead atoms. The zero-order valence-electron chi connectivity index (χ0n) is 5.04. The molecular weight excluding hydrogens is 114 g/mol. The normalized spacial score (nSPS) is 24.2. The summed E-state index contributed by atoms with van der Waals surface area (Å²) in [6.07, 6.45) is 6.15. The molecule has 3 heteroatoms. The summed E-state index contributed by atoms with van der Waals surface area (Å²) < 4.78 is 0. The molecular formula is C6H9N3. The molecule has 1 rings (SSSR count). The molecule has 9 heavy (non-hydrogen) atoms. The Kier molecular flexibility index (Phi) is 1.63. The molecule has 0 radical (unpaired) electrons. The van der Waals surface area contributed by atoms with Gasteiger partial charge in [0.05, 0.1) is 11.8 Å². The van der Waals surface area contributed by atoms with Crippen LogP contribution in [0.5, 0.6) is 0 Å². The third-order valence-electron chi connectivity index (χ3n) is 1.25. The fourth-order valence-electron chi connectivity index (χ4n) is 0.690. The van der Waals surface area contributed by atoms with Gasteiger partial charge in [0, 0.05) is 12.4 Å². The second-order valence-corrected chi connectivity index (χ2v) is 1.98. The Morgan fingerprint density at radius 2 is 2.56 bits per heavy atom. The third-order valence-corrected chi connectivity index (χ3v) is 1.25. The number of nitrogens with two attached hydrogens (primary N) is 1. The first kappa shape index (κ1) is 6.01. The third kappa shape index (κ3) is 1.38. The first-order chi connectivity index (χ1) is 4.30. The lowest BCUT2D eigenvalue weighted by Gasteiger charge is -2.07. The van der Waals surface area contributed by atoms with Crippen LogP contribution >= 0.6 is 0 Å². The van der Waals surface area contributed by atoms with Crippen molar-refractivity contribution in [3.63, 3.8) is 0 Å². The highest BCUT2D eigenvalue weighted by Crippen LogP contribution is 2.04. The number of nitrogens with one attached hydrogen (secondary N) is 1. The van der Waals surface area contributed by atoms with Gasteiger partial charge >= 0.3 is 0 Å². The molecule has 0 aliphatic carbocycles. The lowest BCUT2D eigenvalue weighted by atomic mass is 10.1. The number of hydrogen-bond acceptors (Lipinski definition) is 2. The molecule has 0 amide bonds. The van der Waals surface area contributed by atoms with Crippen molar-refractivity contribution in [2.24, 2.45) is 16.6 Å². The Hall–Kier alpha value is -1.12. The van der Waals surface area contributed by atoms with Crippen LogP contribution in [0.1, 0.15) is 6.42 Å². The predicted octanol–water partition coefficient (Wildman–Crippen LogP) is 0.527. The number of hydrogen-bond donors (Lipinski definition) is 2. The zero-order chi connectivity index (χ0) is 6.69. The summed E-state index contributed by atoms with van der Waals surface area (Å²) in [4.78, 5) is 3.85. The van der Waals surface area contributed by atoms with E-state index in [1.165, 1.54) is 0 Å². The molecule has 1 aliphatic rings. The van der Waals surface area contributed by atoms with Crippen molar-refractivity contribution < 1.29 is 0 Å². The fourth-order valence-corrected chi connectivity index (χ4v) is 0.690. The van der Waals surface area contributed by atoms with Crippen LogP contribution in [0.15, 0.2) is 17.3 Å². The molecule has 1 aliphatic heterocycles. The van der Waals surface area contributed by atoms with Crippen LogP contribution in [0.2, 0.25) is 0 Å². The number of amidine groups is 1. The largest absolute Gasteiger partial charge is 0.387 e. The standard InChI is InChI=1S/C6H9N3/c7-6(8)5-2-1-3-9-4-5/h1,3-5H,2H2,(H3,7,8). The maximum absolute atomic E-state index is 7.04. The van der Waals surface area contributed by atoms with E-state index in [9.17, 15) is 0 Å². The second kappa shape index (κ2) is 2.44. The van der Waals surface area contributed by atoms with Crippen molar-refractivity contribution >= 4 is 12.1 Å². The first-order valence-corrected chi connectivity index (χ1v) is 2.83. The van der Waals surface area contributed by atoms with Gasteiger partial charge in [0.1, 0.15) is 0 Å². The first-order valence-electron chi connectivity index (χ1n) is 2.83. The van der Waals surface area contributed by atoms with Crippen molar-refractivity contribution in [2.45, 2.75) is 6.42 Å². The second-order valence-electron chi connectivity index (χ2n) is 1.98. The Balaban J connectivity index is 2.56. The molecule has 0 aromatic carbocycles. The van der Waals surface area contributed by atoms with Gasteiger partial charge in [-0.3, -0.25) is 10.4 Å². The zero-order valence-corrected chi connectivity index (χ0v) is 5.04. The van der Waals surface area contributed by atoms with E-state index in [4.69, 9.17) is 11.1 Å². The van der Waals surface area contributed by atoms with Gasteiger partial charge in [0.2, 0.25) is 0 Å². The quantitative estimate of drug-likeness (QED) is 0.387.